The van der Waals surface area contributed by atoms with Crippen LogP contribution in [0.3, 0.4) is 0 Å². The highest BCUT2D eigenvalue weighted by Crippen LogP contribution is 2.38. The zero-order valence-corrected chi connectivity index (χ0v) is 7.51. The summed E-state index contributed by atoms with van der Waals surface area (Å²) in [6.07, 6.45) is 0. The number of hydrogen-bond donors (Lipinski definition) is 0. The molecule has 1 saturated heterocycles. The lowest BCUT2D eigenvalue weighted by molar-refractivity contribution is -0.104. The van der Waals surface area contributed by atoms with Crippen molar-refractivity contribution in [3.63, 3.8) is 0 Å². The van der Waals surface area contributed by atoms with E-state index in [0.29, 0.717) is 11.5 Å². The summed E-state index contributed by atoms with van der Waals surface area (Å²) < 4.78 is 32.3. The van der Waals surface area contributed by atoms with E-state index >= 15 is 0 Å². The summed E-state index contributed by atoms with van der Waals surface area (Å²) >= 11 is 0. The van der Waals surface area contributed by atoms with Crippen molar-refractivity contribution in [2.75, 3.05) is 0 Å². The summed E-state index contributed by atoms with van der Waals surface area (Å²) in [5, 5.41) is 2.13. The molecule has 0 atom stereocenters. The number of hydrogen-bond acceptors (Lipinski definition) is 4. The van der Waals surface area contributed by atoms with Crippen LogP contribution in [-0.2, 0) is 19.3 Å². The molecular weight excluding hydrogens is 180 g/mol. The monoisotopic (exact) mass is 188 g/mol. The van der Waals surface area contributed by atoms with Crippen LogP contribution in [-0.4, -0.2) is 14.2 Å². The Kier molecular flexibility index (Phi) is 1.18. The van der Waals surface area contributed by atoms with Gasteiger partial charge in [0.2, 0.25) is 15.6 Å². The van der Waals surface area contributed by atoms with Gasteiger partial charge in [-0.05, 0) is 0 Å². The molecule has 4 nitrogen and oxygen atoms in total. The van der Waals surface area contributed by atoms with Crippen LogP contribution in [0.1, 0.15) is 13.8 Å². The molecule has 0 amide bonds. The number of sulfone groups is 1. The Morgan fingerprint density at radius 2 is 1.58 bits per heavy atom. The summed E-state index contributed by atoms with van der Waals surface area (Å²) in [7, 11) is -3.23. The molecule has 66 valence electrons. The average molecular weight is 188 g/mol. The topological polar surface area (TPSA) is 52.6 Å². The quantitative estimate of drug-likeness (QED) is 0.566. The summed E-state index contributed by atoms with van der Waals surface area (Å²) in [5.74, 6) is -0.131. The molecule has 2 aliphatic heterocycles. The number of ether oxygens (including phenoxy) is 2. The minimum atomic E-state index is -3.23. The Morgan fingerprint density at radius 1 is 1.17 bits per heavy atom. The fourth-order valence-electron chi connectivity index (χ4n) is 1.15. The predicted octanol–water partition coefficient (Wildman–Crippen LogP) is 0.880. The maximum atomic E-state index is 10.9. The Hall–Kier alpha value is -0.970. The summed E-state index contributed by atoms with van der Waals surface area (Å²) in [5.41, 5.74) is 0. The third-order valence-corrected chi connectivity index (χ3v) is 2.58. The fraction of sp³-hybridized carbons (Fsp3) is 0.429. The Balaban J connectivity index is 2.45. The van der Waals surface area contributed by atoms with E-state index in [1.165, 1.54) is 0 Å². The molecule has 12 heavy (non-hydrogen) atoms. The first kappa shape index (κ1) is 7.67. The van der Waals surface area contributed by atoms with Crippen LogP contribution in [0.2, 0.25) is 0 Å². The molecule has 0 N–H and O–H groups in total. The highest BCUT2D eigenvalue weighted by Gasteiger charge is 2.39. The SMILES string of the molecule is CC1(C)OC2=CS(=O)(=O)C=C2O1. The lowest BCUT2D eigenvalue weighted by Gasteiger charge is -2.15. The molecule has 0 unspecified atom stereocenters. The molecule has 0 aromatic rings. The summed E-state index contributed by atoms with van der Waals surface area (Å²) in [6.45, 7) is 3.44. The standard InChI is InChI=1S/C7H8O4S/c1-7(2)10-5-3-12(8,9)4-6(5)11-7/h3-4H,1-2H3. The molecule has 0 aliphatic carbocycles. The Morgan fingerprint density at radius 3 is 2.00 bits per heavy atom. The van der Waals surface area contributed by atoms with E-state index in [4.69, 9.17) is 9.47 Å². The minimum absolute atomic E-state index is 0.306. The van der Waals surface area contributed by atoms with Gasteiger partial charge in [-0.2, -0.15) is 0 Å². The number of fused-ring (bicyclic) bond motifs is 1. The van der Waals surface area contributed by atoms with Crippen LogP contribution in [0.25, 0.3) is 0 Å². The van der Waals surface area contributed by atoms with Gasteiger partial charge in [-0.15, -0.1) is 0 Å². The second kappa shape index (κ2) is 1.85. The first-order valence-corrected chi connectivity index (χ1v) is 5.06. The van der Waals surface area contributed by atoms with Crippen molar-refractivity contribution in [3.05, 3.63) is 22.3 Å². The van der Waals surface area contributed by atoms with Crippen molar-refractivity contribution < 1.29 is 17.9 Å². The van der Waals surface area contributed by atoms with Gasteiger partial charge in [-0.1, -0.05) is 0 Å². The van der Waals surface area contributed by atoms with E-state index < -0.39 is 15.6 Å². The summed E-state index contributed by atoms with van der Waals surface area (Å²) in [6, 6.07) is 0. The van der Waals surface area contributed by atoms with Gasteiger partial charge >= 0.3 is 0 Å². The maximum Gasteiger partial charge on any atom is 0.246 e. The molecule has 0 aromatic carbocycles. The molecule has 2 aliphatic rings. The van der Waals surface area contributed by atoms with Crippen molar-refractivity contribution in [2.45, 2.75) is 19.6 Å². The Labute approximate surface area is 70.4 Å². The van der Waals surface area contributed by atoms with Gasteiger partial charge in [-0.3, -0.25) is 0 Å². The first-order valence-electron chi connectivity index (χ1n) is 3.45. The first-order chi connectivity index (χ1) is 5.38. The van der Waals surface area contributed by atoms with E-state index in [0.717, 1.165) is 10.8 Å². The molecule has 1 fully saturated rings. The maximum absolute atomic E-state index is 10.9. The van der Waals surface area contributed by atoms with Crippen LogP contribution in [0.15, 0.2) is 22.3 Å². The third kappa shape index (κ3) is 1.10. The van der Waals surface area contributed by atoms with E-state index in [2.05, 4.69) is 0 Å². The van der Waals surface area contributed by atoms with Crippen molar-refractivity contribution in [1.29, 1.82) is 0 Å². The van der Waals surface area contributed by atoms with Crippen molar-refractivity contribution in [3.8, 4) is 0 Å². The van der Waals surface area contributed by atoms with Crippen LogP contribution in [0.4, 0.5) is 0 Å². The molecule has 0 aromatic heterocycles. The van der Waals surface area contributed by atoms with Crippen molar-refractivity contribution in [1.82, 2.24) is 0 Å². The third-order valence-electron chi connectivity index (χ3n) is 1.50. The molecular formula is C7H8O4S. The lowest BCUT2D eigenvalue weighted by atomic mass is 10.4. The van der Waals surface area contributed by atoms with Gasteiger partial charge in [0, 0.05) is 13.8 Å². The molecule has 0 spiro atoms. The van der Waals surface area contributed by atoms with Gasteiger partial charge in [0.1, 0.15) is 0 Å². The normalized spacial score (nSPS) is 28.2. The molecule has 5 heteroatoms. The van der Waals surface area contributed by atoms with Crippen molar-refractivity contribution in [2.24, 2.45) is 0 Å². The summed E-state index contributed by atoms with van der Waals surface area (Å²) in [4.78, 5) is 0. The highest BCUT2D eigenvalue weighted by molar-refractivity contribution is 7.97. The molecule has 2 rings (SSSR count). The van der Waals surface area contributed by atoms with Crippen molar-refractivity contribution >= 4 is 9.84 Å². The molecule has 0 radical (unpaired) electrons. The zero-order valence-electron chi connectivity index (χ0n) is 6.70. The van der Waals surface area contributed by atoms with E-state index in [9.17, 15) is 8.42 Å². The predicted molar refractivity (Wildman–Crippen MR) is 41.3 cm³/mol. The highest BCUT2D eigenvalue weighted by atomic mass is 32.2. The van der Waals surface area contributed by atoms with Crippen LogP contribution in [0, 0.1) is 0 Å². The second-order valence-electron chi connectivity index (χ2n) is 3.16. The molecule has 0 bridgehead atoms. The van der Waals surface area contributed by atoms with Gasteiger partial charge in [0.15, 0.2) is 11.5 Å². The largest absolute Gasteiger partial charge is 0.448 e. The lowest BCUT2D eigenvalue weighted by Crippen LogP contribution is -2.19. The van der Waals surface area contributed by atoms with Crippen LogP contribution in [0.5, 0.6) is 0 Å². The van der Waals surface area contributed by atoms with Gasteiger partial charge in [0.05, 0.1) is 10.8 Å². The number of rotatable bonds is 0. The average Bonchev–Trinajstić information content (AvgIpc) is 2.12. The van der Waals surface area contributed by atoms with Gasteiger partial charge < -0.3 is 9.47 Å². The minimum Gasteiger partial charge on any atom is -0.448 e. The van der Waals surface area contributed by atoms with Crippen LogP contribution >= 0.6 is 0 Å². The van der Waals surface area contributed by atoms with Crippen LogP contribution < -0.4 is 0 Å². The van der Waals surface area contributed by atoms with Gasteiger partial charge in [-0.25, -0.2) is 8.42 Å². The molecule has 0 saturated carbocycles. The Bertz CT molecular complexity index is 356. The fourth-order valence-corrected chi connectivity index (χ4v) is 2.14. The van der Waals surface area contributed by atoms with Gasteiger partial charge in [0.25, 0.3) is 0 Å². The molecule has 2 heterocycles. The zero-order chi connectivity index (χ0) is 8.98. The second-order valence-corrected chi connectivity index (χ2v) is 4.81. The van der Waals surface area contributed by atoms with E-state index in [1.807, 2.05) is 0 Å². The van der Waals surface area contributed by atoms with E-state index in [-0.39, 0.29) is 0 Å². The van der Waals surface area contributed by atoms with E-state index in [1.54, 1.807) is 13.8 Å². The smallest absolute Gasteiger partial charge is 0.246 e.